The minimum atomic E-state index is 0.229. The molecule has 13 heavy (non-hydrogen) atoms. The van der Waals surface area contributed by atoms with Crippen LogP contribution in [0.2, 0.25) is 0 Å². The van der Waals surface area contributed by atoms with E-state index in [1.165, 1.54) is 19.3 Å². The van der Waals surface area contributed by atoms with Gasteiger partial charge in [-0.2, -0.15) is 0 Å². The van der Waals surface area contributed by atoms with Crippen LogP contribution in [0.3, 0.4) is 0 Å². The highest BCUT2D eigenvalue weighted by Crippen LogP contribution is 2.19. The summed E-state index contributed by atoms with van der Waals surface area (Å²) < 4.78 is 0. The summed E-state index contributed by atoms with van der Waals surface area (Å²) in [6.45, 7) is 4.69. The summed E-state index contributed by atoms with van der Waals surface area (Å²) in [6, 6.07) is 0. The molecule has 0 spiro atoms. The Hall–Kier alpha value is -0.570. The van der Waals surface area contributed by atoms with Gasteiger partial charge in [-0.3, -0.25) is 4.79 Å². The SMILES string of the molecule is CNCCC1CCN(C(C)=O)CC1. The molecule has 0 aromatic rings. The quantitative estimate of drug-likeness (QED) is 0.705. The number of carbonyl (C=O) groups is 1. The van der Waals surface area contributed by atoms with Crippen LogP contribution in [-0.4, -0.2) is 37.5 Å². The lowest BCUT2D eigenvalue weighted by Crippen LogP contribution is -2.37. The monoisotopic (exact) mass is 184 g/mol. The second kappa shape index (κ2) is 5.22. The summed E-state index contributed by atoms with van der Waals surface area (Å²) in [5.74, 6) is 1.05. The zero-order chi connectivity index (χ0) is 9.68. The second-order valence-corrected chi connectivity index (χ2v) is 3.84. The third kappa shape index (κ3) is 3.35. The molecular formula is C10H20N2O. The normalized spacial score (nSPS) is 19.1. The molecule has 0 aromatic carbocycles. The van der Waals surface area contributed by atoms with Gasteiger partial charge >= 0.3 is 0 Å². The lowest BCUT2D eigenvalue weighted by Gasteiger charge is -2.31. The summed E-state index contributed by atoms with van der Waals surface area (Å²) in [5, 5.41) is 3.17. The topological polar surface area (TPSA) is 32.3 Å². The molecule has 0 unspecified atom stereocenters. The minimum Gasteiger partial charge on any atom is -0.343 e. The van der Waals surface area contributed by atoms with Gasteiger partial charge in [0, 0.05) is 20.0 Å². The molecule has 1 heterocycles. The fourth-order valence-electron chi connectivity index (χ4n) is 1.88. The van der Waals surface area contributed by atoms with Crippen LogP contribution in [0.25, 0.3) is 0 Å². The van der Waals surface area contributed by atoms with Crippen LogP contribution >= 0.6 is 0 Å². The Bertz CT molecular complexity index is 162. The average molecular weight is 184 g/mol. The number of hydrogen-bond donors (Lipinski definition) is 1. The molecule has 1 fully saturated rings. The predicted molar refractivity (Wildman–Crippen MR) is 53.5 cm³/mol. The van der Waals surface area contributed by atoms with E-state index in [0.717, 1.165) is 25.6 Å². The molecule has 1 amide bonds. The molecule has 3 heteroatoms. The molecule has 1 rings (SSSR count). The highest BCUT2D eigenvalue weighted by Gasteiger charge is 2.19. The average Bonchev–Trinajstić information content (AvgIpc) is 2.15. The molecule has 0 radical (unpaired) electrons. The van der Waals surface area contributed by atoms with Crippen molar-refractivity contribution in [2.45, 2.75) is 26.2 Å². The maximum atomic E-state index is 11.0. The molecule has 3 nitrogen and oxygen atoms in total. The van der Waals surface area contributed by atoms with Crippen molar-refractivity contribution in [1.82, 2.24) is 10.2 Å². The summed E-state index contributed by atoms with van der Waals surface area (Å²) in [4.78, 5) is 13.0. The Morgan fingerprint density at radius 1 is 1.46 bits per heavy atom. The van der Waals surface area contributed by atoms with Gasteiger partial charge in [0.05, 0.1) is 0 Å². The molecule has 0 bridgehead atoms. The fraction of sp³-hybridized carbons (Fsp3) is 0.900. The fourth-order valence-corrected chi connectivity index (χ4v) is 1.88. The Morgan fingerprint density at radius 3 is 2.54 bits per heavy atom. The number of hydrogen-bond acceptors (Lipinski definition) is 2. The molecular weight excluding hydrogens is 164 g/mol. The Morgan fingerprint density at radius 2 is 2.08 bits per heavy atom. The molecule has 0 aliphatic carbocycles. The molecule has 0 atom stereocenters. The smallest absolute Gasteiger partial charge is 0.219 e. The van der Waals surface area contributed by atoms with E-state index in [1.54, 1.807) is 6.92 Å². The maximum Gasteiger partial charge on any atom is 0.219 e. The van der Waals surface area contributed by atoms with Crippen molar-refractivity contribution in [2.75, 3.05) is 26.7 Å². The Kier molecular flexibility index (Phi) is 4.22. The van der Waals surface area contributed by atoms with E-state index in [4.69, 9.17) is 0 Å². The van der Waals surface area contributed by atoms with Crippen LogP contribution in [0.15, 0.2) is 0 Å². The van der Waals surface area contributed by atoms with Crippen molar-refractivity contribution in [3.8, 4) is 0 Å². The number of nitrogens with zero attached hydrogens (tertiary/aromatic N) is 1. The van der Waals surface area contributed by atoms with Gasteiger partial charge in [0.1, 0.15) is 0 Å². The third-order valence-corrected chi connectivity index (χ3v) is 2.86. The van der Waals surface area contributed by atoms with Gasteiger partial charge in [-0.15, -0.1) is 0 Å². The van der Waals surface area contributed by atoms with Gasteiger partial charge in [0.2, 0.25) is 5.91 Å². The van der Waals surface area contributed by atoms with Gasteiger partial charge in [0.25, 0.3) is 0 Å². The first-order chi connectivity index (χ1) is 6.24. The maximum absolute atomic E-state index is 11.0. The van der Waals surface area contributed by atoms with Gasteiger partial charge in [-0.25, -0.2) is 0 Å². The number of carbonyl (C=O) groups excluding carboxylic acids is 1. The van der Waals surface area contributed by atoms with Crippen molar-refractivity contribution in [3.63, 3.8) is 0 Å². The zero-order valence-electron chi connectivity index (χ0n) is 8.68. The third-order valence-electron chi connectivity index (χ3n) is 2.86. The standard InChI is InChI=1S/C10H20N2O/c1-9(13)12-7-4-10(5-8-12)3-6-11-2/h10-11H,3-8H2,1-2H3. The van der Waals surface area contributed by atoms with Crippen LogP contribution < -0.4 is 5.32 Å². The number of likely N-dealkylation sites (tertiary alicyclic amines) is 1. The van der Waals surface area contributed by atoms with E-state index in [1.807, 2.05) is 11.9 Å². The zero-order valence-corrected chi connectivity index (χ0v) is 8.68. The Labute approximate surface area is 80.5 Å². The van der Waals surface area contributed by atoms with Crippen molar-refractivity contribution in [2.24, 2.45) is 5.92 Å². The number of amides is 1. The highest BCUT2D eigenvalue weighted by atomic mass is 16.2. The van der Waals surface area contributed by atoms with E-state index in [0.29, 0.717) is 0 Å². The van der Waals surface area contributed by atoms with Crippen LogP contribution in [0.1, 0.15) is 26.2 Å². The molecule has 1 N–H and O–H groups in total. The number of nitrogens with one attached hydrogen (secondary N) is 1. The predicted octanol–water partition coefficient (Wildman–Crippen LogP) is 0.854. The number of rotatable bonds is 3. The molecule has 0 aromatic heterocycles. The van der Waals surface area contributed by atoms with E-state index in [9.17, 15) is 4.79 Å². The van der Waals surface area contributed by atoms with Crippen molar-refractivity contribution in [3.05, 3.63) is 0 Å². The summed E-state index contributed by atoms with van der Waals surface area (Å²) in [6.07, 6.45) is 3.62. The van der Waals surface area contributed by atoms with Gasteiger partial charge in [-0.1, -0.05) is 0 Å². The summed E-state index contributed by atoms with van der Waals surface area (Å²) in [5.41, 5.74) is 0. The lowest BCUT2D eigenvalue weighted by molar-refractivity contribution is -0.130. The van der Waals surface area contributed by atoms with E-state index in [2.05, 4.69) is 5.32 Å². The summed E-state index contributed by atoms with van der Waals surface area (Å²) >= 11 is 0. The van der Waals surface area contributed by atoms with Crippen LogP contribution in [0.5, 0.6) is 0 Å². The first kappa shape index (κ1) is 10.5. The first-order valence-electron chi connectivity index (χ1n) is 5.14. The van der Waals surface area contributed by atoms with Crippen molar-refractivity contribution < 1.29 is 4.79 Å². The first-order valence-corrected chi connectivity index (χ1v) is 5.14. The minimum absolute atomic E-state index is 0.229. The van der Waals surface area contributed by atoms with E-state index < -0.39 is 0 Å². The van der Waals surface area contributed by atoms with Gasteiger partial charge in [-0.05, 0) is 38.8 Å². The van der Waals surface area contributed by atoms with Crippen molar-refractivity contribution >= 4 is 5.91 Å². The van der Waals surface area contributed by atoms with Crippen molar-refractivity contribution in [1.29, 1.82) is 0 Å². The Balaban J connectivity index is 2.18. The molecule has 1 aliphatic heterocycles. The van der Waals surface area contributed by atoms with Gasteiger partial charge < -0.3 is 10.2 Å². The lowest BCUT2D eigenvalue weighted by atomic mass is 9.93. The molecule has 1 saturated heterocycles. The largest absolute Gasteiger partial charge is 0.343 e. The highest BCUT2D eigenvalue weighted by molar-refractivity contribution is 5.73. The van der Waals surface area contributed by atoms with Crippen LogP contribution in [-0.2, 0) is 4.79 Å². The summed E-state index contributed by atoms with van der Waals surface area (Å²) in [7, 11) is 1.99. The van der Waals surface area contributed by atoms with E-state index >= 15 is 0 Å². The van der Waals surface area contributed by atoms with Gasteiger partial charge in [0.15, 0.2) is 0 Å². The number of piperidine rings is 1. The van der Waals surface area contributed by atoms with E-state index in [-0.39, 0.29) is 5.91 Å². The molecule has 0 saturated carbocycles. The van der Waals surface area contributed by atoms with Crippen LogP contribution in [0, 0.1) is 5.92 Å². The second-order valence-electron chi connectivity index (χ2n) is 3.84. The molecule has 76 valence electrons. The van der Waals surface area contributed by atoms with Crippen LogP contribution in [0.4, 0.5) is 0 Å². The molecule has 1 aliphatic rings.